The van der Waals surface area contributed by atoms with Gasteiger partial charge in [-0.1, -0.05) is 49.5 Å². The summed E-state index contributed by atoms with van der Waals surface area (Å²) in [7, 11) is -0.110. The van der Waals surface area contributed by atoms with Gasteiger partial charge in [-0.05, 0) is 11.1 Å². The largest absolute Gasteiger partial charge is 0.107 e. The van der Waals surface area contributed by atoms with Gasteiger partial charge in [-0.25, -0.2) is 0 Å². The van der Waals surface area contributed by atoms with E-state index in [0.717, 1.165) is 0 Å². The third-order valence-electron chi connectivity index (χ3n) is 1.85. The van der Waals surface area contributed by atoms with E-state index in [9.17, 15) is 0 Å². The van der Waals surface area contributed by atoms with E-state index in [1.54, 1.807) is 0 Å². The number of rotatable bonds is 1. The first-order chi connectivity index (χ1) is 6.24. The molecule has 67 valence electrons. The Kier molecular flexibility index (Phi) is 3.71. The summed E-state index contributed by atoms with van der Waals surface area (Å²) in [4.78, 5) is 0. The van der Waals surface area contributed by atoms with E-state index < -0.39 is 0 Å². The molecule has 1 aromatic rings. The average molecular weight is 187 g/mol. The van der Waals surface area contributed by atoms with Crippen LogP contribution < -0.4 is 0 Å². The highest BCUT2D eigenvalue weighted by Gasteiger charge is 1.99. The van der Waals surface area contributed by atoms with Crippen molar-refractivity contribution in [1.29, 1.82) is 0 Å². The molecule has 0 heterocycles. The van der Waals surface area contributed by atoms with Crippen LogP contribution in [-0.2, 0) is 0 Å². The second-order valence-corrected chi connectivity index (χ2v) is 5.81. The molecule has 0 fully saturated rings. The van der Waals surface area contributed by atoms with Crippen LogP contribution in [0.1, 0.15) is 11.1 Å². The summed E-state index contributed by atoms with van der Waals surface area (Å²) in [6.45, 7) is 8.02. The fourth-order valence-electron chi connectivity index (χ4n) is 0.898. The minimum Gasteiger partial charge on any atom is -0.107 e. The average Bonchev–Trinajstić information content (AvgIpc) is 2.08. The Bertz CT molecular complexity index is 286. The fraction of sp³-hybridized carbons (Fsp3) is 0.167. The van der Waals surface area contributed by atoms with Crippen molar-refractivity contribution < 1.29 is 0 Å². The molecule has 0 amide bonds. The molecule has 0 nitrogen and oxygen atoms in total. The number of fused-ring (bicyclic) bond motifs is 1. The van der Waals surface area contributed by atoms with Gasteiger partial charge in [0.2, 0.25) is 0 Å². The predicted molar refractivity (Wildman–Crippen MR) is 63.0 cm³/mol. The molecule has 0 N–H and O–H groups in total. The van der Waals surface area contributed by atoms with Crippen LogP contribution in [0.3, 0.4) is 0 Å². The Balaban J connectivity index is 0.000000149. The van der Waals surface area contributed by atoms with Crippen LogP contribution in [0.15, 0.2) is 36.5 Å². The SMILES string of the molecule is C1=Cc2ccccc21.C=C[Si](C)C. The van der Waals surface area contributed by atoms with Crippen LogP contribution >= 0.6 is 0 Å². The molecule has 2 rings (SSSR count). The monoisotopic (exact) mass is 187 g/mol. The first-order valence-corrected chi connectivity index (χ1v) is 7.01. The van der Waals surface area contributed by atoms with Gasteiger partial charge in [0.15, 0.2) is 0 Å². The number of benzene rings is 1. The van der Waals surface area contributed by atoms with E-state index in [2.05, 4.69) is 56.1 Å². The molecule has 1 aliphatic carbocycles. The van der Waals surface area contributed by atoms with Gasteiger partial charge in [0, 0.05) is 0 Å². The zero-order chi connectivity index (χ0) is 9.68. The van der Waals surface area contributed by atoms with E-state index in [1.165, 1.54) is 11.1 Å². The summed E-state index contributed by atoms with van der Waals surface area (Å²) in [6.07, 6.45) is 4.24. The maximum Gasteiger partial charge on any atom is 0.0685 e. The van der Waals surface area contributed by atoms with Crippen molar-refractivity contribution in [3.8, 4) is 0 Å². The van der Waals surface area contributed by atoms with Gasteiger partial charge in [0.25, 0.3) is 0 Å². The van der Waals surface area contributed by atoms with Gasteiger partial charge < -0.3 is 0 Å². The summed E-state index contributed by atoms with van der Waals surface area (Å²) in [5.41, 5.74) is 4.75. The molecule has 1 heteroatoms. The summed E-state index contributed by atoms with van der Waals surface area (Å²) < 4.78 is 0. The Morgan fingerprint density at radius 2 is 1.46 bits per heavy atom. The number of hydrogen-bond donors (Lipinski definition) is 0. The van der Waals surface area contributed by atoms with Gasteiger partial charge in [-0.2, -0.15) is 0 Å². The highest BCUT2D eigenvalue weighted by atomic mass is 28.3. The van der Waals surface area contributed by atoms with Gasteiger partial charge >= 0.3 is 0 Å². The zero-order valence-corrected chi connectivity index (χ0v) is 9.25. The van der Waals surface area contributed by atoms with E-state index in [4.69, 9.17) is 0 Å². The standard InChI is InChI=1S/C8H6.C4H9Si/c1-2-4-8-6-5-7(8)3-1;1-4-5(2)3/h1-6H;4H,1H2,2-3H3. The molecule has 0 spiro atoms. The molecule has 1 aliphatic rings. The normalized spacial score (nSPS) is 11.0. The lowest BCUT2D eigenvalue weighted by Crippen LogP contribution is -1.89. The lowest BCUT2D eigenvalue weighted by molar-refractivity contribution is 1.58. The first-order valence-electron chi connectivity index (χ1n) is 4.43. The molecule has 1 radical (unpaired) electrons. The quantitative estimate of drug-likeness (QED) is 0.598. The van der Waals surface area contributed by atoms with Crippen molar-refractivity contribution in [2.75, 3.05) is 0 Å². The molecule has 0 bridgehead atoms. The number of hydrogen-bond acceptors (Lipinski definition) is 0. The van der Waals surface area contributed by atoms with Crippen molar-refractivity contribution in [3.63, 3.8) is 0 Å². The van der Waals surface area contributed by atoms with E-state index >= 15 is 0 Å². The van der Waals surface area contributed by atoms with Crippen LogP contribution in [0.4, 0.5) is 0 Å². The summed E-state index contributed by atoms with van der Waals surface area (Å²) in [5.74, 6) is 0. The highest BCUT2D eigenvalue weighted by Crippen LogP contribution is 2.21. The molecule has 0 saturated heterocycles. The van der Waals surface area contributed by atoms with Gasteiger partial charge in [-0.3, -0.25) is 0 Å². The van der Waals surface area contributed by atoms with E-state index in [0.29, 0.717) is 0 Å². The van der Waals surface area contributed by atoms with Gasteiger partial charge in [0.05, 0.1) is 8.80 Å². The van der Waals surface area contributed by atoms with Gasteiger partial charge in [-0.15, -0.1) is 12.3 Å². The predicted octanol–water partition coefficient (Wildman–Crippen LogP) is 3.64. The third-order valence-corrected chi connectivity index (χ3v) is 2.66. The van der Waals surface area contributed by atoms with Crippen LogP contribution in [0.25, 0.3) is 12.2 Å². The Labute approximate surface area is 82.2 Å². The van der Waals surface area contributed by atoms with Gasteiger partial charge in [0.1, 0.15) is 0 Å². The molecule has 1 aromatic carbocycles. The minimum atomic E-state index is -0.110. The van der Waals surface area contributed by atoms with Crippen molar-refractivity contribution in [2.45, 2.75) is 13.1 Å². The topological polar surface area (TPSA) is 0 Å². The van der Waals surface area contributed by atoms with Crippen molar-refractivity contribution >= 4 is 20.9 Å². The Hall–Kier alpha value is -1.08. The molecular weight excluding hydrogens is 172 g/mol. The molecular formula is C12H15Si. The summed E-state index contributed by atoms with van der Waals surface area (Å²) in [5, 5.41) is 0. The molecule has 0 aliphatic heterocycles. The summed E-state index contributed by atoms with van der Waals surface area (Å²) in [6, 6.07) is 8.36. The molecule has 0 atom stereocenters. The second kappa shape index (κ2) is 4.82. The third kappa shape index (κ3) is 3.03. The molecule has 0 unspecified atom stereocenters. The molecule has 0 saturated carbocycles. The Morgan fingerprint density at radius 1 is 1.08 bits per heavy atom. The maximum absolute atomic E-state index is 3.61. The van der Waals surface area contributed by atoms with Crippen LogP contribution in [0, 0.1) is 0 Å². The fourth-order valence-corrected chi connectivity index (χ4v) is 0.898. The second-order valence-electron chi connectivity index (χ2n) is 3.24. The Morgan fingerprint density at radius 3 is 1.62 bits per heavy atom. The molecule has 0 aromatic heterocycles. The molecule has 13 heavy (non-hydrogen) atoms. The zero-order valence-electron chi connectivity index (χ0n) is 8.25. The van der Waals surface area contributed by atoms with Crippen molar-refractivity contribution in [2.24, 2.45) is 0 Å². The highest BCUT2D eigenvalue weighted by molar-refractivity contribution is 6.61. The van der Waals surface area contributed by atoms with Crippen LogP contribution in [0.5, 0.6) is 0 Å². The van der Waals surface area contributed by atoms with E-state index in [-0.39, 0.29) is 8.80 Å². The van der Waals surface area contributed by atoms with E-state index in [1.807, 2.05) is 5.70 Å². The maximum atomic E-state index is 3.61. The lowest BCUT2D eigenvalue weighted by atomic mass is 9.99. The lowest BCUT2D eigenvalue weighted by Gasteiger charge is -2.06. The van der Waals surface area contributed by atoms with Crippen LogP contribution in [0.2, 0.25) is 13.1 Å². The minimum absolute atomic E-state index is 0.110. The van der Waals surface area contributed by atoms with Crippen LogP contribution in [-0.4, -0.2) is 8.80 Å². The first kappa shape index (κ1) is 10.0. The summed E-state index contributed by atoms with van der Waals surface area (Å²) >= 11 is 0. The van der Waals surface area contributed by atoms with Crippen molar-refractivity contribution in [3.05, 3.63) is 47.7 Å². The smallest absolute Gasteiger partial charge is 0.0685 e. The van der Waals surface area contributed by atoms with Crippen molar-refractivity contribution in [1.82, 2.24) is 0 Å².